The number of amides is 2. The molecule has 0 radical (unpaired) electrons. The first kappa shape index (κ1) is 24.5. The van der Waals surface area contributed by atoms with E-state index in [4.69, 9.17) is 5.73 Å². The minimum Gasteiger partial charge on any atom is -0.530 e. The number of aliphatic hydroxyl groups is 1. The van der Waals surface area contributed by atoms with E-state index in [1.807, 2.05) is 42.3 Å². The first-order chi connectivity index (χ1) is 15.2. The summed E-state index contributed by atoms with van der Waals surface area (Å²) >= 11 is 0. The molecule has 1 aromatic heterocycles. The second kappa shape index (κ2) is 11.0. The molecule has 2 amide bonds. The zero-order valence-corrected chi connectivity index (χ0v) is 18.3. The molecule has 0 fully saturated rings. The van der Waals surface area contributed by atoms with Crippen molar-refractivity contribution >= 4 is 40.9 Å². The maximum atomic E-state index is 11.5. The maximum Gasteiger partial charge on any atom is 0.161 e. The van der Waals surface area contributed by atoms with Gasteiger partial charge < -0.3 is 50.7 Å². The third kappa shape index (κ3) is 5.91. The molecule has 4 N–H and O–H groups in total. The number of para-hydroxylation sites is 1. The van der Waals surface area contributed by atoms with Crippen LogP contribution in [0.2, 0.25) is 0 Å². The van der Waals surface area contributed by atoms with Gasteiger partial charge in [-0.25, -0.2) is 4.98 Å². The van der Waals surface area contributed by atoms with E-state index in [0.29, 0.717) is 6.54 Å². The summed E-state index contributed by atoms with van der Waals surface area (Å²) in [7, 11) is 1.84. The minimum atomic E-state index is -1.53. The van der Waals surface area contributed by atoms with E-state index in [-0.39, 0.29) is 42.6 Å². The van der Waals surface area contributed by atoms with Crippen LogP contribution in [0.3, 0.4) is 0 Å². The number of nitrogens with two attached hydrogens (primary N) is 1. The molecule has 1 heterocycles. The molecule has 2 aromatic rings. The van der Waals surface area contributed by atoms with Crippen molar-refractivity contribution in [1.82, 2.24) is 4.98 Å². The van der Waals surface area contributed by atoms with Crippen LogP contribution in [0.4, 0.5) is 38.3 Å². The number of anilines is 5. The summed E-state index contributed by atoms with van der Waals surface area (Å²) in [5.74, 6) is -0.224. The van der Waals surface area contributed by atoms with Crippen LogP contribution in [0.25, 0.3) is 0 Å². The van der Waals surface area contributed by atoms with Crippen molar-refractivity contribution in [3.63, 3.8) is 0 Å². The Morgan fingerprint density at radius 2 is 1.72 bits per heavy atom. The molecule has 0 saturated heterocycles. The average Bonchev–Trinajstić information content (AvgIpc) is 2.75. The molecule has 0 bridgehead atoms. The predicted molar refractivity (Wildman–Crippen MR) is 120 cm³/mol. The molecule has 0 saturated carbocycles. The molecule has 1 aromatic carbocycles. The molecule has 0 aliphatic carbocycles. The van der Waals surface area contributed by atoms with Crippen molar-refractivity contribution in [1.29, 1.82) is 0 Å². The van der Waals surface area contributed by atoms with Gasteiger partial charge in [-0.3, -0.25) is 0 Å². The van der Waals surface area contributed by atoms with Crippen molar-refractivity contribution in [3.8, 4) is 0 Å². The van der Waals surface area contributed by atoms with Crippen LogP contribution in [0.5, 0.6) is 0 Å². The average molecular weight is 444 g/mol. The van der Waals surface area contributed by atoms with Gasteiger partial charge in [-0.15, -0.1) is 0 Å². The molecule has 0 aliphatic rings. The van der Waals surface area contributed by atoms with Crippen LogP contribution in [0.1, 0.15) is 13.8 Å². The highest BCUT2D eigenvalue weighted by molar-refractivity contribution is 5.94. The number of pyridine rings is 1. The minimum absolute atomic E-state index is 0.00956. The van der Waals surface area contributed by atoms with Gasteiger partial charge in [0.25, 0.3) is 0 Å². The summed E-state index contributed by atoms with van der Waals surface area (Å²) in [6.45, 7) is 3.54. The lowest BCUT2D eigenvalue weighted by molar-refractivity contribution is -0.247. The normalized spacial score (nSPS) is 11.5. The number of rotatable bonds is 10. The fourth-order valence-corrected chi connectivity index (χ4v) is 3.16. The number of likely N-dealkylation sites (N-methyl/N-ethyl adjacent to an activating group) is 1. The van der Waals surface area contributed by atoms with Gasteiger partial charge in [0.05, 0.1) is 17.5 Å². The Morgan fingerprint density at radius 1 is 1.12 bits per heavy atom. The number of nitrogen functional groups attached to an aromatic ring is 1. The summed E-state index contributed by atoms with van der Waals surface area (Å²) in [4.78, 5) is 30.6. The molecule has 1 unspecified atom stereocenters. The van der Waals surface area contributed by atoms with Crippen molar-refractivity contribution in [2.75, 3.05) is 59.0 Å². The van der Waals surface area contributed by atoms with Crippen LogP contribution >= 0.6 is 0 Å². The summed E-state index contributed by atoms with van der Waals surface area (Å²) in [5.41, 5.74) is 7.27. The van der Waals surface area contributed by atoms with E-state index in [9.17, 15) is 24.9 Å². The van der Waals surface area contributed by atoms with Gasteiger partial charge in [-0.2, -0.15) is 0 Å². The van der Waals surface area contributed by atoms with Gasteiger partial charge in [0.2, 0.25) is 0 Å². The zero-order valence-electron chi connectivity index (χ0n) is 18.3. The second-order valence-electron chi connectivity index (χ2n) is 7.04. The molecule has 2 rings (SSSR count). The van der Waals surface area contributed by atoms with Crippen molar-refractivity contribution in [2.45, 2.75) is 20.0 Å². The molecule has 11 nitrogen and oxygen atoms in total. The Labute approximate surface area is 186 Å². The Bertz CT molecular complexity index is 926. The number of benzene rings is 1. The Kier molecular flexibility index (Phi) is 8.47. The van der Waals surface area contributed by atoms with Crippen LogP contribution in [-0.4, -0.2) is 61.6 Å². The summed E-state index contributed by atoms with van der Waals surface area (Å²) in [5, 5.41) is 36.4. The quantitative estimate of drug-likeness (QED) is 0.455. The SMILES string of the molecule is CCN(C(=O)[O-])c1cc(NCC(O)CN(C)c2ccccc2)c(N)c(N(CC)C(=O)[O-])n1. The second-order valence-corrected chi connectivity index (χ2v) is 7.04. The van der Waals surface area contributed by atoms with E-state index in [1.54, 1.807) is 13.8 Å². The lowest BCUT2D eigenvalue weighted by Crippen LogP contribution is -2.44. The highest BCUT2D eigenvalue weighted by Crippen LogP contribution is 2.33. The monoisotopic (exact) mass is 444 g/mol. The highest BCUT2D eigenvalue weighted by Gasteiger charge is 2.20. The zero-order chi connectivity index (χ0) is 23.8. The topological polar surface area (TPSA) is 161 Å². The third-order valence-corrected chi connectivity index (χ3v) is 4.84. The number of hydrogen-bond donors (Lipinski definition) is 3. The van der Waals surface area contributed by atoms with Crippen molar-refractivity contribution < 1.29 is 24.9 Å². The van der Waals surface area contributed by atoms with E-state index >= 15 is 0 Å². The molecule has 1 atom stereocenters. The fraction of sp³-hybridized carbons (Fsp3) is 0.381. The smallest absolute Gasteiger partial charge is 0.161 e. The summed E-state index contributed by atoms with van der Waals surface area (Å²) in [6, 6.07) is 10.9. The van der Waals surface area contributed by atoms with Crippen LogP contribution in [0, 0.1) is 0 Å². The number of carbonyl (C=O) groups excluding carboxylic acids is 2. The highest BCUT2D eigenvalue weighted by atomic mass is 16.4. The van der Waals surface area contributed by atoms with E-state index in [2.05, 4.69) is 10.3 Å². The fourth-order valence-electron chi connectivity index (χ4n) is 3.16. The van der Waals surface area contributed by atoms with Crippen molar-refractivity contribution in [2.24, 2.45) is 0 Å². The van der Waals surface area contributed by atoms with Crippen LogP contribution < -0.4 is 36.0 Å². The number of carbonyl (C=O) groups is 2. The van der Waals surface area contributed by atoms with Gasteiger partial charge in [0.1, 0.15) is 18.0 Å². The molecular weight excluding hydrogens is 416 g/mol. The third-order valence-electron chi connectivity index (χ3n) is 4.84. The number of carboxylic acid groups (broad SMARTS) is 2. The van der Waals surface area contributed by atoms with Gasteiger partial charge in [-0.05, 0) is 26.0 Å². The van der Waals surface area contributed by atoms with E-state index in [1.165, 1.54) is 6.07 Å². The largest absolute Gasteiger partial charge is 0.530 e. The Balaban J connectivity index is 2.28. The number of nitrogens with zero attached hydrogens (tertiary/aromatic N) is 4. The van der Waals surface area contributed by atoms with Gasteiger partial charge in [0, 0.05) is 45.0 Å². The van der Waals surface area contributed by atoms with Gasteiger partial charge in [0.15, 0.2) is 5.82 Å². The van der Waals surface area contributed by atoms with E-state index < -0.39 is 18.3 Å². The summed E-state index contributed by atoms with van der Waals surface area (Å²) < 4.78 is 0. The number of hydrogen-bond acceptors (Lipinski definition) is 9. The number of aliphatic hydroxyl groups excluding tert-OH is 1. The van der Waals surface area contributed by atoms with Gasteiger partial charge in [-0.1, -0.05) is 18.2 Å². The van der Waals surface area contributed by atoms with Crippen LogP contribution in [-0.2, 0) is 0 Å². The maximum absolute atomic E-state index is 11.5. The lowest BCUT2D eigenvalue weighted by Gasteiger charge is -2.29. The molecule has 11 heteroatoms. The van der Waals surface area contributed by atoms with Crippen LogP contribution in [0.15, 0.2) is 36.4 Å². The first-order valence-electron chi connectivity index (χ1n) is 10.1. The Morgan fingerprint density at radius 3 is 2.25 bits per heavy atom. The molecular formula is C21H28N6O5-2. The summed E-state index contributed by atoms with van der Waals surface area (Å²) in [6.07, 6.45) is -3.84. The van der Waals surface area contributed by atoms with Crippen molar-refractivity contribution in [3.05, 3.63) is 36.4 Å². The molecule has 32 heavy (non-hydrogen) atoms. The first-order valence-corrected chi connectivity index (χ1v) is 10.1. The molecule has 0 spiro atoms. The lowest BCUT2D eigenvalue weighted by atomic mass is 10.2. The van der Waals surface area contributed by atoms with E-state index in [0.717, 1.165) is 15.5 Å². The Hall–Kier alpha value is -3.73. The number of nitrogens with one attached hydrogen (secondary N) is 1. The van der Waals surface area contributed by atoms with Gasteiger partial charge >= 0.3 is 0 Å². The molecule has 0 aliphatic heterocycles. The standard InChI is InChI=1S/C21H30N6O5/c1-4-26(20(29)30)17-11-16(18(22)19(24-17)27(5-2)21(31)32)23-12-15(28)13-25(3)14-9-7-6-8-10-14/h6-11,15,28H,4-5,12-13,22H2,1-3H3,(H,23,24)(H,29,30)(H,31,32)/p-2. The number of aromatic nitrogens is 1. The molecule has 174 valence electrons. The predicted octanol–water partition coefficient (Wildman–Crippen LogP) is -0.0878.